The van der Waals surface area contributed by atoms with Gasteiger partial charge in [-0.05, 0) is 18.1 Å². The molecule has 0 aromatic heterocycles. The summed E-state index contributed by atoms with van der Waals surface area (Å²) in [5.74, 6) is -0.173. The van der Waals surface area contributed by atoms with Crippen LogP contribution in [0.5, 0.6) is 0 Å². The van der Waals surface area contributed by atoms with Gasteiger partial charge in [-0.15, -0.1) is 0 Å². The summed E-state index contributed by atoms with van der Waals surface area (Å²) >= 11 is 0. The van der Waals surface area contributed by atoms with Crippen molar-refractivity contribution >= 4 is 17.5 Å². The predicted octanol–water partition coefficient (Wildman–Crippen LogP) is 5.65. The molecule has 1 heterocycles. The van der Waals surface area contributed by atoms with E-state index in [1.54, 1.807) is 0 Å². The number of ether oxygens (including phenoxy) is 1. The van der Waals surface area contributed by atoms with E-state index >= 15 is 0 Å². The van der Waals surface area contributed by atoms with Gasteiger partial charge in [0.1, 0.15) is 5.76 Å². The molecule has 3 heteroatoms. The third-order valence-corrected chi connectivity index (χ3v) is 5.30. The van der Waals surface area contributed by atoms with Crippen LogP contribution in [0.15, 0.2) is 97.1 Å². The Morgan fingerprint density at radius 1 is 0.793 bits per heavy atom. The van der Waals surface area contributed by atoms with Crippen molar-refractivity contribution < 1.29 is 14.3 Å². The fourth-order valence-corrected chi connectivity index (χ4v) is 3.76. The third kappa shape index (κ3) is 4.35. The van der Waals surface area contributed by atoms with Crippen LogP contribution in [-0.2, 0) is 9.53 Å². The highest BCUT2D eigenvalue weighted by Crippen LogP contribution is 2.38. The van der Waals surface area contributed by atoms with Gasteiger partial charge in [0.25, 0.3) is 0 Å². The molecule has 0 radical (unpaired) electrons. The van der Waals surface area contributed by atoms with Gasteiger partial charge in [-0.25, -0.2) is 0 Å². The molecule has 29 heavy (non-hydrogen) atoms. The van der Waals surface area contributed by atoms with Crippen molar-refractivity contribution in [2.75, 3.05) is 0 Å². The first-order chi connectivity index (χ1) is 14.2. The van der Waals surface area contributed by atoms with Gasteiger partial charge >= 0.3 is 5.97 Å². The number of hydrogen-bond acceptors (Lipinski definition) is 3. The van der Waals surface area contributed by atoms with Gasteiger partial charge in [0.15, 0.2) is 5.78 Å². The molecule has 1 aliphatic rings. The van der Waals surface area contributed by atoms with E-state index in [0.717, 1.165) is 11.1 Å². The average molecular weight is 382 g/mol. The van der Waals surface area contributed by atoms with Gasteiger partial charge in [0, 0.05) is 23.5 Å². The third-order valence-electron chi connectivity index (χ3n) is 5.30. The van der Waals surface area contributed by atoms with Gasteiger partial charge in [-0.2, -0.15) is 0 Å². The van der Waals surface area contributed by atoms with E-state index in [4.69, 9.17) is 4.74 Å². The number of carbonyl (C=O) groups is 2. The molecule has 2 atom stereocenters. The normalized spacial score (nSPS) is 18.6. The molecule has 1 aliphatic heterocycles. The molecule has 0 bridgehead atoms. The zero-order chi connectivity index (χ0) is 20.1. The first-order valence-corrected chi connectivity index (χ1v) is 9.84. The molecule has 0 spiro atoms. The summed E-state index contributed by atoms with van der Waals surface area (Å²) in [5.41, 5.74) is 2.60. The smallest absolute Gasteiger partial charge is 0.315 e. The molecule has 144 valence electrons. The zero-order valence-corrected chi connectivity index (χ0v) is 16.0. The molecular formula is C26H22O3. The second-order valence-corrected chi connectivity index (χ2v) is 7.19. The molecule has 0 aliphatic carbocycles. The van der Waals surface area contributed by atoms with Gasteiger partial charge < -0.3 is 4.74 Å². The van der Waals surface area contributed by atoms with Crippen molar-refractivity contribution in [1.29, 1.82) is 0 Å². The fourth-order valence-electron chi connectivity index (χ4n) is 3.76. The molecule has 0 fully saturated rings. The number of Topliss-reactive ketones (excluding diaryl/α,β-unsaturated/α-hetero) is 1. The number of cyclic esters (lactones) is 1. The van der Waals surface area contributed by atoms with Crippen LogP contribution >= 0.6 is 0 Å². The minimum Gasteiger partial charge on any atom is -0.426 e. The number of ketones is 1. The van der Waals surface area contributed by atoms with Crippen LogP contribution in [-0.4, -0.2) is 11.8 Å². The van der Waals surface area contributed by atoms with Crippen LogP contribution in [0, 0.1) is 5.92 Å². The van der Waals surface area contributed by atoms with E-state index < -0.39 is 5.92 Å². The van der Waals surface area contributed by atoms with E-state index in [1.165, 1.54) is 0 Å². The Kier molecular flexibility index (Phi) is 5.66. The minimum atomic E-state index is -0.391. The highest BCUT2D eigenvalue weighted by atomic mass is 16.5. The number of esters is 1. The maximum Gasteiger partial charge on any atom is 0.315 e. The van der Waals surface area contributed by atoms with E-state index in [2.05, 4.69) is 0 Å². The van der Waals surface area contributed by atoms with E-state index in [1.807, 2.05) is 97.1 Å². The average Bonchev–Trinajstić information content (AvgIpc) is 2.79. The summed E-state index contributed by atoms with van der Waals surface area (Å²) in [6.45, 7) is 0. The first-order valence-electron chi connectivity index (χ1n) is 9.84. The van der Waals surface area contributed by atoms with Crippen LogP contribution in [0.4, 0.5) is 0 Å². The highest BCUT2D eigenvalue weighted by molar-refractivity contribution is 5.96. The summed E-state index contributed by atoms with van der Waals surface area (Å²) in [5, 5.41) is 0. The lowest BCUT2D eigenvalue weighted by Crippen LogP contribution is -2.28. The van der Waals surface area contributed by atoms with Crippen molar-refractivity contribution in [3.05, 3.63) is 114 Å². The van der Waals surface area contributed by atoms with Crippen molar-refractivity contribution in [3.8, 4) is 0 Å². The molecule has 3 nitrogen and oxygen atoms in total. The summed E-state index contributed by atoms with van der Waals surface area (Å²) in [7, 11) is 0. The Bertz CT molecular complexity index is 1010. The molecule has 3 aromatic rings. The quantitative estimate of drug-likeness (QED) is 0.409. The van der Waals surface area contributed by atoms with Crippen LogP contribution in [0.2, 0.25) is 0 Å². The molecule has 0 saturated heterocycles. The van der Waals surface area contributed by atoms with Crippen LogP contribution in [0.25, 0.3) is 5.76 Å². The van der Waals surface area contributed by atoms with Crippen molar-refractivity contribution in [2.24, 2.45) is 5.92 Å². The number of carbonyl (C=O) groups excluding carboxylic acids is 2. The van der Waals surface area contributed by atoms with E-state index in [9.17, 15) is 9.59 Å². The Morgan fingerprint density at radius 3 is 2.03 bits per heavy atom. The lowest BCUT2D eigenvalue weighted by molar-refractivity contribution is -0.143. The molecule has 0 amide bonds. The number of hydrogen-bond donors (Lipinski definition) is 0. The molecule has 4 rings (SSSR count). The Hall–Kier alpha value is -3.46. The second-order valence-electron chi connectivity index (χ2n) is 7.19. The van der Waals surface area contributed by atoms with Crippen molar-refractivity contribution in [3.63, 3.8) is 0 Å². The monoisotopic (exact) mass is 382 g/mol. The summed E-state index contributed by atoms with van der Waals surface area (Å²) < 4.78 is 5.69. The summed E-state index contributed by atoms with van der Waals surface area (Å²) in [6, 6.07) is 28.8. The predicted molar refractivity (Wildman–Crippen MR) is 113 cm³/mol. The molecule has 0 N–H and O–H groups in total. The lowest BCUT2D eigenvalue weighted by Gasteiger charge is -2.29. The number of allylic oxidation sites excluding steroid dienone is 1. The van der Waals surface area contributed by atoms with Gasteiger partial charge in [-0.1, -0.05) is 91.0 Å². The standard InChI is InChI=1S/C26H22O3/c27-24(20-12-6-2-7-13-20)17-16-22-23(19-10-4-1-5-11-19)18-25(29-26(22)28)21-14-8-3-9-15-21/h1-15,18,22-23H,16-17H2/t22-,23+/m0/s1. The Morgan fingerprint density at radius 2 is 1.38 bits per heavy atom. The minimum absolute atomic E-state index is 0.0445. The second kappa shape index (κ2) is 8.70. The molecular weight excluding hydrogens is 360 g/mol. The largest absolute Gasteiger partial charge is 0.426 e. The van der Waals surface area contributed by atoms with Gasteiger partial charge in [0.05, 0.1) is 5.92 Å². The summed E-state index contributed by atoms with van der Waals surface area (Å²) in [6.07, 6.45) is 2.77. The van der Waals surface area contributed by atoms with Crippen molar-refractivity contribution in [2.45, 2.75) is 18.8 Å². The maximum atomic E-state index is 12.9. The number of benzene rings is 3. The van der Waals surface area contributed by atoms with Gasteiger partial charge in [0.2, 0.25) is 0 Å². The van der Waals surface area contributed by atoms with E-state index in [0.29, 0.717) is 24.2 Å². The fraction of sp³-hybridized carbons (Fsp3) is 0.154. The molecule has 0 unspecified atom stereocenters. The first kappa shape index (κ1) is 18.9. The van der Waals surface area contributed by atoms with Crippen molar-refractivity contribution in [1.82, 2.24) is 0 Å². The zero-order valence-electron chi connectivity index (χ0n) is 16.0. The SMILES string of the molecule is O=C(CC[C@@H]1C(=O)OC(c2ccccc2)=C[C@@H]1c1ccccc1)c1ccccc1. The number of rotatable bonds is 6. The van der Waals surface area contributed by atoms with Crippen LogP contribution < -0.4 is 0 Å². The Balaban J connectivity index is 1.61. The molecule has 0 saturated carbocycles. The van der Waals surface area contributed by atoms with Crippen LogP contribution in [0.3, 0.4) is 0 Å². The Labute approximate surface area is 170 Å². The topological polar surface area (TPSA) is 43.4 Å². The highest BCUT2D eigenvalue weighted by Gasteiger charge is 2.35. The van der Waals surface area contributed by atoms with Crippen LogP contribution in [0.1, 0.15) is 40.2 Å². The molecule has 3 aromatic carbocycles. The summed E-state index contributed by atoms with van der Waals surface area (Å²) in [4.78, 5) is 25.5. The lowest BCUT2D eigenvalue weighted by atomic mass is 9.80. The maximum absolute atomic E-state index is 12.9. The van der Waals surface area contributed by atoms with Gasteiger partial charge in [-0.3, -0.25) is 9.59 Å². The van der Waals surface area contributed by atoms with E-state index in [-0.39, 0.29) is 17.7 Å².